The summed E-state index contributed by atoms with van der Waals surface area (Å²) >= 11 is 0. The van der Waals surface area contributed by atoms with Crippen LogP contribution in [0, 0.1) is 11.8 Å². The van der Waals surface area contributed by atoms with E-state index in [1.54, 1.807) is 34.6 Å². The van der Waals surface area contributed by atoms with Gasteiger partial charge in [0.25, 0.3) is 0 Å². The molecule has 5 amide bonds. The maximum Gasteiger partial charge on any atom is 0.408 e. The molecule has 0 spiro atoms. The highest BCUT2D eigenvalue weighted by Crippen LogP contribution is 2.15. The molecule has 0 aliphatic rings. The maximum absolute atomic E-state index is 14.2. The van der Waals surface area contributed by atoms with Crippen molar-refractivity contribution in [2.75, 3.05) is 13.7 Å². The number of methoxy groups -OCH3 is 1. The Labute approximate surface area is 337 Å². The highest BCUT2D eigenvalue weighted by molar-refractivity contribution is 5.90. The second-order valence-corrected chi connectivity index (χ2v) is 16.0. The number of nitrogens with zero attached hydrogens (tertiary/aromatic N) is 1. The minimum absolute atomic E-state index is 0.00609. The topological polar surface area (TPSA) is 175 Å². The molecule has 13 heteroatoms. The smallest absolute Gasteiger partial charge is 0.408 e. The molecule has 0 fully saturated rings. The zero-order valence-electron chi connectivity index (χ0n) is 34.5. The second kappa shape index (κ2) is 22.3. The van der Waals surface area contributed by atoms with Crippen molar-refractivity contribution in [1.29, 1.82) is 0 Å². The Morgan fingerprint density at radius 2 is 1.19 bits per heavy atom. The Balaban J connectivity index is 1.95. The lowest BCUT2D eigenvalue weighted by Crippen LogP contribution is -2.58. The fraction of sp³-hybridized carbons (Fsp3) is 0.477. The number of urea groups is 1. The lowest BCUT2D eigenvalue weighted by Gasteiger charge is -2.33. The van der Waals surface area contributed by atoms with Gasteiger partial charge in [0, 0.05) is 13.0 Å². The van der Waals surface area contributed by atoms with Gasteiger partial charge in [0.2, 0.25) is 11.8 Å². The van der Waals surface area contributed by atoms with Crippen LogP contribution in [0.25, 0.3) is 0 Å². The molecule has 5 N–H and O–H groups in total. The first-order chi connectivity index (χ1) is 26.9. The number of carbonyl (C=O) groups excluding carboxylic acids is 5. The molecular weight excluding hydrogens is 727 g/mol. The summed E-state index contributed by atoms with van der Waals surface area (Å²) in [5, 5.41) is 23.3. The SMILES string of the molecule is COC(=O)[C@@H](NC(=O)[C@H](CC(C)C)NC(=O)N(Cc1ccccc1)C[C@@H](O)[C@H](Cc1ccccc1)NC(=O)[C@H](Cc1ccccc1)NC(=O)OC(C)(C)C)C(C)C. The molecule has 3 aromatic rings. The molecule has 3 rings (SSSR count). The first kappa shape index (κ1) is 46.0. The molecular formula is C44H61N5O8. The molecule has 13 nitrogen and oxygen atoms in total. The number of aliphatic hydroxyl groups is 1. The van der Waals surface area contributed by atoms with E-state index in [9.17, 15) is 29.1 Å². The van der Waals surface area contributed by atoms with Crippen LogP contribution in [0.5, 0.6) is 0 Å². The van der Waals surface area contributed by atoms with Gasteiger partial charge in [-0.05, 0) is 62.1 Å². The summed E-state index contributed by atoms with van der Waals surface area (Å²) in [5.41, 5.74) is 1.58. The normalized spacial score (nSPS) is 14.0. The number of hydrogen-bond acceptors (Lipinski definition) is 8. The van der Waals surface area contributed by atoms with Crippen molar-refractivity contribution in [3.63, 3.8) is 0 Å². The highest BCUT2D eigenvalue weighted by Gasteiger charge is 2.34. The van der Waals surface area contributed by atoms with Gasteiger partial charge in [-0.15, -0.1) is 0 Å². The van der Waals surface area contributed by atoms with Gasteiger partial charge in [-0.1, -0.05) is 119 Å². The summed E-state index contributed by atoms with van der Waals surface area (Å²) in [6.45, 7) is 12.4. The first-order valence-electron chi connectivity index (χ1n) is 19.5. The van der Waals surface area contributed by atoms with Gasteiger partial charge in [0.15, 0.2) is 0 Å². The van der Waals surface area contributed by atoms with Crippen LogP contribution in [0.2, 0.25) is 0 Å². The summed E-state index contributed by atoms with van der Waals surface area (Å²) < 4.78 is 10.4. The van der Waals surface area contributed by atoms with Crippen molar-refractivity contribution in [2.45, 2.75) is 110 Å². The van der Waals surface area contributed by atoms with Gasteiger partial charge >= 0.3 is 18.1 Å². The summed E-state index contributed by atoms with van der Waals surface area (Å²) in [5.74, 6) is -1.97. The van der Waals surface area contributed by atoms with E-state index in [1.807, 2.05) is 105 Å². The quantitative estimate of drug-likeness (QED) is 0.104. The lowest BCUT2D eigenvalue weighted by atomic mass is 9.99. The Morgan fingerprint density at radius 1 is 0.684 bits per heavy atom. The van der Waals surface area contributed by atoms with Gasteiger partial charge in [-0.2, -0.15) is 0 Å². The van der Waals surface area contributed by atoms with E-state index in [-0.39, 0.29) is 44.2 Å². The molecule has 5 atom stereocenters. The molecule has 0 saturated carbocycles. The summed E-state index contributed by atoms with van der Waals surface area (Å²) in [7, 11) is 1.25. The van der Waals surface area contributed by atoms with Crippen molar-refractivity contribution >= 4 is 29.9 Å². The van der Waals surface area contributed by atoms with Crippen molar-refractivity contribution < 1.29 is 38.6 Å². The van der Waals surface area contributed by atoms with E-state index in [1.165, 1.54) is 12.0 Å². The van der Waals surface area contributed by atoms with Gasteiger partial charge in [-0.25, -0.2) is 14.4 Å². The number of benzene rings is 3. The van der Waals surface area contributed by atoms with Crippen molar-refractivity contribution in [3.8, 4) is 0 Å². The van der Waals surface area contributed by atoms with Crippen LogP contribution < -0.4 is 21.3 Å². The van der Waals surface area contributed by atoms with Crippen LogP contribution in [0.1, 0.15) is 71.6 Å². The monoisotopic (exact) mass is 787 g/mol. The van der Waals surface area contributed by atoms with E-state index in [4.69, 9.17) is 9.47 Å². The molecule has 0 aliphatic carbocycles. The van der Waals surface area contributed by atoms with E-state index >= 15 is 0 Å². The molecule has 0 unspecified atom stereocenters. The van der Waals surface area contributed by atoms with E-state index in [0.717, 1.165) is 16.7 Å². The van der Waals surface area contributed by atoms with Crippen LogP contribution >= 0.6 is 0 Å². The largest absolute Gasteiger partial charge is 0.467 e. The summed E-state index contributed by atoms with van der Waals surface area (Å²) in [4.78, 5) is 68.8. The van der Waals surface area contributed by atoms with Crippen LogP contribution in [0.3, 0.4) is 0 Å². The number of esters is 1. The number of alkyl carbamates (subject to hydrolysis) is 1. The van der Waals surface area contributed by atoms with Gasteiger partial charge in [0.05, 0.1) is 25.8 Å². The average molecular weight is 788 g/mol. The highest BCUT2D eigenvalue weighted by atomic mass is 16.6. The maximum atomic E-state index is 14.2. The molecule has 0 aliphatic heterocycles. The number of aliphatic hydroxyl groups excluding tert-OH is 1. The minimum atomic E-state index is -1.32. The zero-order chi connectivity index (χ0) is 42.1. The molecule has 0 aromatic heterocycles. The number of rotatable bonds is 19. The molecule has 57 heavy (non-hydrogen) atoms. The van der Waals surface area contributed by atoms with E-state index in [0.29, 0.717) is 0 Å². The predicted octanol–water partition coefficient (Wildman–Crippen LogP) is 5.15. The summed E-state index contributed by atoms with van der Waals surface area (Å²) in [6, 6.07) is 23.2. The zero-order valence-corrected chi connectivity index (χ0v) is 34.5. The average Bonchev–Trinajstić information content (AvgIpc) is 3.15. The summed E-state index contributed by atoms with van der Waals surface area (Å²) in [6.07, 6.45) is -1.47. The number of hydrogen-bond donors (Lipinski definition) is 5. The molecule has 0 radical (unpaired) electrons. The standard InChI is InChI=1S/C44H61N5O8/c1-29(2)24-35(40(52)48-38(30(3)4)41(53)56-8)46-42(54)49(27-33-22-16-11-17-23-33)28-37(50)34(25-31-18-12-9-13-19-31)45-39(51)36(26-32-20-14-10-15-21-32)47-43(55)57-44(5,6)7/h9-23,29-30,34-38,50H,24-28H2,1-8H3,(H,45,51)(H,46,54)(H,47,55)(H,48,52)/t34-,35-,36-,37+,38-/m0/s1. The van der Waals surface area contributed by atoms with Crippen LogP contribution in [-0.4, -0.2) is 89.4 Å². The fourth-order valence-electron chi connectivity index (χ4n) is 6.14. The van der Waals surface area contributed by atoms with E-state index < -0.39 is 65.8 Å². The second-order valence-electron chi connectivity index (χ2n) is 16.0. The Morgan fingerprint density at radius 3 is 1.68 bits per heavy atom. The Hall–Kier alpha value is -5.43. The number of nitrogens with one attached hydrogen (secondary N) is 4. The molecule has 0 bridgehead atoms. The Bertz CT molecular complexity index is 1720. The number of carbonyl (C=O) groups is 5. The van der Waals surface area contributed by atoms with Crippen molar-refractivity contribution in [3.05, 3.63) is 108 Å². The van der Waals surface area contributed by atoms with Crippen molar-refractivity contribution in [2.24, 2.45) is 11.8 Å². The van der Waals surface area contributed by atoms with Crippen molar-refractivity contribution in [1.82, 2.24) is 26.2 Å². The predicted molar refractivity (Wildman–Crippen MR) is 219 cm³/mol. The van der Waals surface area contributed by atoms with Gasteiger partial charge < -0.3 is 40.7 Å². The lowest BCUT2D eigenvalue weighted by molar-refractivity contribution is -0.146. The first-order valence-corrected chi connectivity index (χ1v) is 19.5. The number of ether oxygens (including phenoxy) is 2. The third kappa shape index (κ3) is 16.3. The minimum Gasteiger partial charge on any atom is -0.467 e. The van der Waals surface area contributed by atoms with Gasteiger partial charge in [0.1, 0.15) is 23.7 Å². The Kier molecular flexibility index (Phi) is 18.0. The van der Waals surface area contributed by atoms with Crippen LogP contribution in [0.15, 0.2) is 91.0 Å². The fourth-order valence-corrected chi connectivity index (χ4v) is 6.14. The van der Waals surface area contributed by atoms with Gasteiger partial charge in [-0.3, -0.25) is 9.59 Å². The van der Waals surface area contributed by atoms with Crippen LogP contribution in [-0.2, 0) is 43.2 Å². The third-order valence-corrected chi connectivity index (χ3v) is 9.03. The molecule has 0 saturated heterocycles. The third-order valence-electron chi connectivity index (χ3n) is 9.03. The number of amides is 5. The van der Waals surface area contributed by atoms with E-state index in [2.05, 4.69) is 21.3 Å². The molecule has 3 aromatic carbocycles. The molecule has 0 heterocycles. The van der Waals surface area contributed by atoms with Crippen LogP contribution in [0.4, 0.5) is 9.59 Å². The molecule has 310 valence electrons.